The van der Waals surface area contributed by atoms with Crippen LogP contribution in [-0.4, -0.2) is 24.0 Å². The third-order valence-electron chi connectivity index (χ3n) is 4.20. The van der Waals surface area contributed by atoms with Crippen molar-refractivity contribution in [2.24, 2.45) is 11.3 Å². The molecule has 0 aromatic carbocycles. The molecule has 2 nitrogen and oxygen atoms in total. The van der Waals surface area contributed by atoms with Crippen LogP contribution in [0.4, 0.5) is 0 Å². The zero-order valence-electron chi connectivity index (χ0n) is 10.00. The maximum Gasteiger partial charge on any atom is 0.0628 e. The van der Waals surface area contributed by atoms with Crippen molar-refractivity contribution < 1.29 is 0 Å². The Morgan fingerprint density at radius 1 is 1.33 bits per heavy atom. The number of rotatable bonds is 3. The summed E-state index contributed by atoms with van der Waals surface area (Å²) < 4.78 is 0. The molecule has 1 aliphatic heterocycles. The van der Waals surface area contributed by atoms with Gasteiger partial charge in [-0.1, -0.05) is 6.92 Å². The van der Waals surface area contributed by atoms with Gasteiger partial charge in [0.05, 0.1) is 6.07 Å². The highest BCUT2D eigenvalue weighted by Crippen LogP contribution is 2.49. The van der Waals surface area contributed by atoms with E-state index in [0.29, 0.717) is 5.41 Å². The van der Waals surface area contributed by atoms with Crippen LogP contribution in [0.3, 0.4) is 0 Å². The van der Waals surface area contributed by atoms with Crippen LogP contribution < -0.4 is 0 Å². The van der Waals surface area contributed by atoms with E-state index in [1.54, 1.807) is 0 Å². The third kappa shape index (κ3) is 2.52. The molecule has 2 fully saturated rings. The van der Waals surface area contributed by atoms with Crippen LogP contribution in [0.2, 0.25) is 0 Å². The van der Waals surface area contributed by atoms with Crippen molar-refractivity contribution in [1.82, 2.24) is 4.90 Å². The minimum atomic E-state index is 0.389. The monoisotopic (exact) mass is 206 g/mol. The number of likely N-dealkylation sites (tertiary alicyclic amines) is 1. The van der Waals surface area contributed by atoms with Crippen molar-refractivity contribution in [2.75, 3.05) is 13.1 Å². The summed E-state index contributed by atoms with van der Waals surface area (Å²) in [6.07, 6.45) is 6.04. The molecule has 2 rings (SSSR count). The lowest BCUT2D eigenvalue weighted by Crippen LogP contribution is -2.44. The topological polar surface area (TPSA) is 27.0 Å². The lowest BCUT2D eigenvalue weighted by atomic mass is 9.92. The quantitative estimate of drug-likeness (QED) is 0.710. The fourth-order valence-corrected chi connectivity index (χ4v) is 2.77. The first kappa shape index (κ1) is 11.0. The Labute approximate surface area is 93.3 Å². The molecule has 0 N–H and O–H groups in total. The van der Waals surface area contributed by atoms with Crippen molar-refractivity contribution in [2.45, 2.75) is 52.0 Å². The SMILES string of the molecule is CC1CCC(C)N(CC2(CC#N)CC2)C1. The summed E-state index contributed by atoms with van der Waals surface area (Å²) in [4.78, 5) is 2.62. The Hall–Kier alpha value is -0.550. The van der Waals surface area contributed by atoms with E-state index in [-0.39, 0.29) is 0 Å². The first-order chi connectivity index (χ1) is 7.15. The molecule has 0 bridgehead atoms. The van der Waals surface area contributed by atoms with Crippen molar-refractivity contribution in [1.29, 1.82) is 5.26 Å². The second-order valence-electron chi connectivity index (χ2n) is 5.80. The molecular formula is C13H22N2. The maximum absolute atomic E-state index is 8.82. The average Bonchev–Trinajstić information content (AvgIpc) is 2.92. The van der Waals surface area contributed by atoms with Gasteiger partial charge in [0, 0.05) is 25.6 Å². The number of nitrogens with zero attached hydrogens (tertiary/aromatic N) is 2. The van der Waals surface area contributed by atoms with E-state index in [0.717, 1.165) is 18.4 Å². The van der Waals surface area contributed by atoms with Crippen molar-refractivity contribution in [3.63, 3.8) is 0 Å². The number of hydrogen-bond donors (Lipinski definition) is 0. The van der Waals surface area contributed by atoms with Gasteiger partial charge in [-0.2, -0.15) is 5.26 Å². The zero-order chi connectivity index (χ0) is 10.9. The summed E-state index contributed by atoms with van der Waals surface area (Å²) in [5.74, 6) is 0.846. The highest BCUT2D eigenvalue weighted by atomic mass is 15.2. The largest absolute Gasteiger partial charge is 0.300 e. The molecular weight excluding hydrogens is 184 g/mol. The molecule has 15 heavy (non-hydrogen) atoms. The van der Waals surface area contributed by atoms with E-state index >= 15 is 0 Å². The molecule has 0 amide bonds. The predicted octanol–water partition coefficient (Wildman–Crippen LogP) is 2.80. The standard InChI is InChI=1S/C13H22N2/c1-11-3-4-12(2)15(9-11)10-13(5-6-13)7-8-14/h11-12H,3-7,9-10H2,1-2H3. The van der Waals surface area contributed by atoms with Crippen LogP contribution in [0, 0.1) is 22.7 Å². The minimum Gasteiger partial charge on any atom is -0.300 e. The number of hydrogen-bond acceptors (Lipinski definition) is 2. The Balaban J connectivity index is 1.90. The fraction of sp³-hybridized carbons (Fsp3) is 0.923. The van der Waals surface area contributed by atoms with Gasteiger partial charge in [0.15, 0.2) is 0 Å². The first-order valence-electron chi connectivity index (χ1n) is 6.26. The van der Waals surface area contributed by atoms with E-state index < -0.39 is 0 Å². The maximum atomic E-state index is 8.82. The molecule has 0 aromatic heterocycles. The van der Waals surface area contributed by atoms with Crippen molar-refractivity contribution >= 4 is 0 Å². The molecule has 1 saturated heterocycles. The van der Waals surface area contributed by atoms with Gasteiger partial charge in [-0.05, 0) is 43.9 Å². The summed E-state index contributed by atoms with van der Waals surface area (Å²) in [6.45, 7) is 7.11. The summed E-state index contributed by atoms with van der Waals surface area (Å²) in [5, 5.41) is 8.82. The number of nitriles is 1. The van der Waals surface area contributed by atoms with Gasteiger partial charge in [0.1, 0.15) is 0 Å². The van der Waals surface area contributed by atoms with Crippen molar-refractivity contribution in [3.8, 4) is 6.07 Å². The van der Waals surface area contributed by atoms with Crippen LogP contribution in [0.25, 0.3) is 0 Å². The van der Waals surface area contributed by atoms with Crippen LogP contribution >= 0.6 is 0 Å². The van der Waals surface area contributed by atoms with Gasteiger partial charge in [-0.3, -0.25) is 4.90 Å². The van der Waals surface area contributed by atoms with E-state index in [1.165, 1.54) is 38.8 Å². The van der Waals surface area contributed by atoms with Gasteiger partial charge in [0.25, 0.3) is 0 Å². The first-order valence-corrected chi connectivity index (χ1v) is 6.26. The minimum absolute atomic E-state index is 0.389. The van der Waals surface area contributed by atoms with E-state index in [9.17, 15) is 0 Å². The highest BCUT2D eigenvalue weighted by Gasteiger charge is 2.44. The van der Waals surface area contributed by atoms with E-state index in [1.807, 2.05) is 0 Å². The predicted molar refractivity (Wildman–Crippen MR) is 61.3 cm³/mol. The van der Waals surface area contributed by atoms with Crippen LogP contribution in [-0.2, 0) is 0 Å². The zero-order valence-corrected chi connectivity index (χ0v) is 10.00. The van der Waals surface area contributed by atoms with Crippen LogP contribution in [0.1, 0.15) is 46.0 Å². The van der Waals surface area contributed by atoms with Crippen LogP contribution in [0.5, 0.6) is 0 Å². The van der Waals surface area contributed by atoms with Gasteiger partial charge in [-0.25, -0.2) is 0 Å². The molecule has 2 heteroatoms. The molecule has 1 aliphatic carbocycles. The summed E-state index contributed by atoms with van der Waals surface area (Å²) in [5.41, 5.74) is 0.389. The normalized spacial score (nSPS) is 34.7. The second kappa shape index (κ2) is 4.14. The van der Waals surface area contributed by atoms with Crippen molar-refractivity contribution in [3.05, 3.63) is 0 Å². The Morgan fingerprint density at radius 3 is 2.67 bits per heavy atom. The Morgan fingerprint density at radius 2 is 2.07 bits per heavy atom. The Bertz CT molecular complexity index is 262. The second-order valence-corrected chi connectivity index (χ2v) is 5.80. The highest BCUT2D eigenvalue weighted by molar-refractivity contribution is 5.02. The van der Waals surface area contributed by atoms with Gasteiger partial charge in [0.2, 0.25) is 0 Å². The lowest BCUT2D eigenvalue weighted by molar-refractivity contribution is 0.0999. The molecule has 2 aliphatic rings. The summed E-state index contributed by atoms with van der Waals surface area (Å²) in [7, 11) is 0. The molecule has 2 unspecified atom stereocenters. The smallest absolute Gasteiger partial charge is 0.0628 e. The summed E-state index contributed by atoms with van der Waals surface area (Å²) in [6, 6.07) is 3.09. The van der Waals surface area contributed by atoms with E-state index in [2.05, 4.69) is 24.8 Å². The summed E-state index contributed by atoms with van der Waals surface area (Å²) >= 11 is 0. The Kier molecular flexibility index (Phi) is 3.02. The lowest BCUT2D eigenvalue weighted by Gasteiger charge is -2.38. The molecule has 1 heterocycles. The molecule has 0 aromatic rings. The third-order valence-corrected chi connectivity index (χ3v) is 4.20. The molecule has 0 radical (unpaired) electrons. The van der Waals surface area contributed by atoms with E-state index in [4.69, 9.17) is 5.26 Å². The number of piperidine rings is 1. The molecule has 2 atom stereocenters. The molecule has 84 valence electrons. The molecule has 1 saturated carbocycles. The van der Waals surface area contributed by atoms with Gasteiger partial charge < -0.3 is 0 Å². The molecule has 0 spiro atoms. The van der Waals surface area contributed by atoms with Crippen LogP contribution in [0.15, 0.2) is 0 Å². The fourth-order valence-electron chi connectivity index (χ4n) is 2.77. The average molecular weight is 206 g/mol. The van der Waals surface area contributed by atoms with Gasteiger partial charge >= 0.3 is 0 Å². The van der Waals surface area contributed by atoms with Gasteiger partial charge in [-0.15, -0.1) is 0 Å².